The van der Waals surface area contributed by atoms with Crippen LogP contribution < -0.4 is 5.32 Å². The summed E-state index contributed by atoms with van der Waals surface area (Å²) in [5.41, 5.74) is -0.0721. The van der Waals surface area contributed by atoms with E-state index in [1.165, 1.54) is 11.5 Å². The van der Waals surface area contributed by atoms with Crippen LogP contribution in [0.1, 0.15) is 40.4 Å². The van der Waals surface area contributed by atoms with Crippen molar-refractivity contribution < 1.29 is 4.79 Å². The van der Waals surface area contributed by atoms with Crippen LogP contribution in [-0.2, 0) is 10.2 Å². The molecule has 0 spiro atoms. The van der Waals surface area contributed by atoms with E-state index < -0.39 is 0 Å². The number of nitrogens with one attached hydrogen (secondary N) is 1. The molecule has 0 aromatic carbocycles. The minimum Gasteiger partial charge on any atom is -0.301 e. The van der Waals surface area contributed by atoms with Gasteiger partial charge >= 0.3 is 0 Å². The summed E-state index contributed by atoms with van der Waals surface area (Å²) in [5, 5.41) is 3.32. The maximum atomic E-state index is 11.4. The van der Waals surface area contributed by atoms with Crippen LogP contribution >= 0.6 is 11.5 Å². The Hall–Kier alpha value is -0.970. The van der Waals surface area contributed by atoms with Crippen molar-refractivity contribution in [3.63, 3.8) is 0 Å². The SMILES string of the molecule is CC(C)C(=O)Nc1nc(C(C)(C)C)ns1. The van der Waals surface area contributed by atoms with Gasteiger partial charge in [-0.1, -0.05) is 34.6 Å². The molecule has 0 aliphatic heterocycles. The fourth-order valence-electron chi connectivity index (χ4n) is 0.829. The fourth-order valence-corrected chi connectivity index (χ4v) is 1.59. The Morgan fingerprint density at radius 3 is 2.40 bits per heavy atom. The average Bonchev–Trinajstić information content (AvgIpc) is 2.51. The molecule has 0 aliphatic carbocycles. The number of hydrogen-bond acceptors (Lipinski definition) is 4. The number of hydrogen-bond donors (Lipinski definition) is 1. The van der Waals surface area contributed by atoms with Crippen molar-refractivity contribution in [2.75, 3.05) is 5.32 Å². The molecule has 15 heavy (non-hydrogen) atoms. The number of nitrogens with zero attached hydrogens (tertiary/aromatic N) is 2. The van der Waals surface area contributed by atoms with Gasteiger partial charge in [-0.25, -0.2) is 4.98 Å². The molecule has 1 amide bonds. The quantitative estimate of drug-likeness (QED) is 0.844. The standard InChI is InChI=1S/C10H17N3OS/c1-6(2)7(14)11-9-12-8(13-15-9)10(3,4)5/h6H,1-5H3,(H,11,12,13,14). The summed E-state index contributed by atoms with van der Waals surface area (Å²) in [5.74, 6) is 0.713. The van der Waals surface area contributed by atoms with Crippen molar-refractivity contribution in [3.8, 4) is 0 Å². The van der Waals surface area contributed by atoms with Crippen molar-refractivity contribution in [1.82, 2.24) is 9.36 Å². The molecule has 1 aromatic heterocycles. The molecule has 1 heterocycles. The zero-order valence-electron chi connectivity index (χ0n) is 9.79. The van der Waals surface area contributed by atoms with Crippen LogP contribution in [0.15, 0.2) is 0 Å². The Morgan fingerprint density at radius 1 is 1.40 bits per heavy atom. The lowest BCUT2D eigenvalue weighted by Crippen LogP contribution is -2.18. The Morgan fingerprint density at radius 2 is 2.00 bits per heavy atom. The van der Waals surface area contributed by atoms with Gasteiger partial charge in [0.15, 0.2) is 0 Å². The van der Waals surface area contributed by atoms with Crippen LogP contribution in [0.25, 0.3) is 0 Å². The van der Waals surface area contributed by atoms with Crippen molar-refractivity contribution >= 4 is 22.6 Å². The average molecular weight is 227 g/mol. The van der Waals surface area contributed by atoms with Gasteiger partial charge in [0.05, 0.1) is 0 Å². The summed E-state index contributed by atoms with van der Waals surface area (Å²) in [4.78, 5) is 15.7. The first-order valence-corrected chi connectivity index (χ1v) is 5.73. The fraction of sp³-hybridized carbons (Fsp3) is 0.700. The van der Waals surface area contributed by atoms with E-state index in [4.69, 9.17) is 0 Å². The van der Waals surface area contributed by atoms with E-state index in [-0.39, 0.29) is 17.2 Å². The van der Waals surface area contributed by atoms with Crippen LogP contribution in [0.4, 0.5) is 5.13 Å². The van der Waals surface area contributed by atoms with Gasteiger partial charge in [0.25, 0.3) is 0 Å². The van der Waals surface area contributed by atoms with E-state index in [0.717, 1.165) is 5.82 Å². The summed E-state index contributed by atoms with van der Waals surface area (Å²) in [7, 11) is 0. The van der Waals surface area contributed by atoms with E-state index in [9.17, 15) is 4.79 Å². The van der Waals surface area contributed by atoms with Crippen LogP contribution in [0, 0.1) is 5.92 Å². The molecule has 1 rings (SSSR count). The lowest BCUT2D eigenvalue weighted by Gasteiger charge is -2.12. The molecular weight excluding hydrogens is 210 g/mol. The van der Waals surface area contributed by atoms with Gasteiger partial charge in [0.1, 0.15) is 5.82 Å². The predicted octanol–water partition coefficient (Wildman–Crippen LogP) is 2.43. The summed E-state index contributed by atoms with van der Waals surface area (Å²) < 4.78 is 4.22. The summed E-state index contributed by atoms with van der Waals surface area (Å²) >= 11 is 1.23. The van der Waals surface area contributed by atoms with E-state index >= 15 is 0 Å². The third-order valence-corrected chi connectivity index (χ3v) is 2.48. The highest BCUT2D eigenvalue weighted by Crippen LogP contribution is 2.23. The highest BCUT2D eigenvalue weighted by Gasteiger charge is 2.20. The number of amides is 1. The topological polar surface area (TPSA) is 54.9 Å². The molecule has 0 atom stereocenters. The van der Waals surface area contributed by atoms with Gasteiger partial charge in [-0.05, 0) is 0 Å². The van der Waals surface area contributed by atoms with Crippen molar-refractivity contribution in [2.24, 2.45) is 5.92 Å². The van der Waals surface area contributed by atoms with E-state index in [1.54, 1.807) is 0 Å². The van der Waals surface area contributed by atoms with E-state index in [1.807, 2.05) is 34.6 Å². The van der Waals surface area contributed by atoms with Crippen LogP contribution in [0.5, 0.6) is 0 Å². The molecule has 0 radical (unpaired) electrons. The molecule has 1 N–H and O–H groups in total. The molecular formula is C10H17N3OS. The maximum Gasteiger partial charge on any atom is 0.228 e. The molecule has 1 aromatic rings. The molecule has 0 saturated carbocycles. The largest absolute Gasteiger partial charge is 0.301 e. The summed E-state index contributed by atoms with van der Waals surface area (Å²) in [6, 6.07) is 0. The number of rotatable bonds is 2. The van der Waals surface area contributed by atoms with Gasteiger partial charge in [-0.2, -0.15) is 4.37 Å². The molecule has 84 valence electrons. The Labute approximate surface area is 94.3 Å². The van der Waals surface area contributed by atoms with E-state index in [2.05, 4.69) is 14.7 Å². The van der Waals surface area contributed by atoms with Crippen LogP contribution in [0.2, 0.25) is 0 Å². The smallest absolute Gasteiger partial charge is 0.228 e. The first-order valence-electron chi connectivity index (χ1n) is 4.96. The van der Waals surface area contributed by atoms with Gasteiger partial charge in [-0.15, -0.1) is 0 Å². The van der Waals surface area contributed by atoms with Crippen molar-refractivity contribution in [3.05, 3.63) is 5.82 Å². The van der Waals surface area contributed by atoms with Crippen LogP contribution in [-0.4, -0.2) is 15.3 Å². The highest BCUT2D eigenvalue weighted by molar-refractivity contribution is 7.09. The highest BCUT2D eigenvalue weighted by atomic mass is 32.1. The second-order valence-corrected chi connectivity index (χ2v) is 5.57. The minimum atomic E-state index is -0.0721. The Bertz CT molecular complexity index is 352. The van der Waals surface area contributed by atoms with Gasteiger partial charge < -0.3 is 5.32 Å². The molecule has 0 bridgehead atoms. The number of anilines is 1. The number of aromatic nitrogens is 2. The first kappa shape index (κ1) is 12.1. The predicted molar refractivity (Wildman–Crippen MR) is 62.1 cm³/mol. The van der Waals surface area contributed by atoms with E-state index in [0.29, 0.717) is 5.13 Å². The normalized spacial score (nSPS) is 11.9. The monoisotopic (exact) mass is 227 g/mol. The van der Waals surface area contributed by atoms with Crippen LogP contribution in [0.3, 0.4) is 0 Å². The Balaban J connectivity index is 2.73. The maximum absolute atomic E-state index is 11.4. The lowest BCUT2D eigenvalue weighted by atomic mass is 9.96. The second kappa shape index (κ2) is 4.26. The number of carbonyl (C=O) groups is 1. The molecule has 0 aliphatic rings. The third-order valence-electron chi connectivity index (χ3n) is 1.85. The zero-order chi connectivity index (χ0) is 11.6. The zero-order valence-corrected chi connectivity index (χ0v) is 10.6. The number of carbonyl (C=O) groups excluding carboxylic acids is 1. The molecule has 5 heteroatoms. The molecule has 0 unspecified atom stereocenters. The van der Waals surface area contributed by atoms with Crippen molar-refractivity contribution in [2.45, 2.75) is 40.0 Å². The van der Waals surface area contributed by atoms with Crippen molar-refractivity contribution in [1.29, 1.82) is 0 Å². The first-order chi connectivity index (χ1) is 6.80. The van der Waals surface area contributed by atoms with Gasteiger partial charge in [0.2, 0.25) is 11.0 Å². The minimum absolute atomic E-state index is 0.0217. The summed E-state index contributed by atoms with van der Waals surface area (Å²) in [6.07, 6.45) is 0. The summed E-state index contributed by atoms with van der Waals surface area (Å²) in [6.45, 7) is 9.83. The third kappa shape index (κ3) is 3.27. The van der Waals surface area contributed by atoms with Gasteiger partial charge in [0, 0.05) is 22.9 Å². The molecule has 4 nitrogen and oxygen atoms in total. The van der Waals surface area contributed by atoms with Gasteiger partial charge in [-0.3, -0.25) is 4.79 Å². The Kier molecular flexibility index (Phi) is 3.44. The molecule has 0 saturated heterocycles. The second-order valence-electron chi connectivity index (χ2n) is 4.82. The molecule has 0 fully saturated rings. The lowest BCUT2D eigenvalue weighted by molar-refractivity contribution is -0.118.